The van der Waals surface area contributed by atoms with Gasteiger partial charge in [0.25, 0.3) is 10.0 Å². The molecule has 1 aromatic heterocycles. The fraction of sp³-hybridized carbons (Fsp3) is 0.118. The van der Waals surface area contributed by atoms with E-state index in [1.54, 1.807) is 30.3 Å². The van der Waals surface area contributed by atoms with E-state index in [2.05, 4.69) is 0 Å². The maximum Gasteiger partial charge on any atom is 0.342 e. The van der Waals surface area contributed by atoms with E-state index in [0.717, 1.165) is 15.1 Å². The summed E-state index contributed by atoms with van der Waals surface area (Å²) in [6, 6.07) is 13.5. The van der Waals surface area contributed by atoms with E-state index in [0.29, 0.717) is 5.02 Å². The Hall–Kier alpha value is -2.31. The summed E-state index contributed by atoms with van der Waals surface area (Å²) in [6.45, 7) is 2.11. The zero-order valence-corrected chi connectivity index (χ0v) is 14.5. The molecule has 3 aromatic rings. The van der Waals surface area contributed by atoms with E-state index in [9.17, 15) is 13.2 Å². The maximum absolute atomic E-state index is 12.6. The van der Waals surface area contributed by atoms with Crippen LogP contribution in [0.25, 0.3) is 0 Å². The third kappa shape index (κ3) is 3.16. The van der Waals surface area contributed by atoms with Crippen molar-refractivity contribution in [2.24, 2.45) is 0 Å². The molecule has 24 heavy (non-hydrogen) atoms. The van der Waals surface area contributed by atoms with Crippen molar-refractivity contribution in [3.05, 3.63) is 87.6 Å². The van der Waals surface area contributed by atoms with E-state index < -0.39 is 15.7 Å². The molecule has 0 aliphatic rings. The zero-order valence-electron chi connectivity index (χ0n) is 12.9. The first-order chi connectivity index (χ1) is 11.4. The molecular weight excluding hydrogens is 348 g/mol. The van der Waals surface area contributed by atoms with Crippen LogP contribution < -0.4 is 5.69 Å². The van der Waals surface area contributed by atoms with Gasteiger partial charge >= 0.3 is 5.69 Å². The minimum atomic E-state index is -3.91. The van der Waals surface area contributed by atoms with Gasteiger partial charge in [-0.1, -0.05) is 41.4 Å². The number of rotatable bonds is 4. The molecule has 124 valence electrons. The summed E-state index contributed by atoms with van der Waals surface area (Å²) in [7, 11) is -3.91. The number of halogens is 1. The molecule has 3 rings (SSSR count). The van der Waals surface area contributed by atoms with Gasteiger partial charge in [0.05, 0.1) is 11.4 Å². The van der Waals surface area contributed by atoms with Gasteiger partial charge in [-0.05, 0) is 36.8 Å². The van der Waals surface area contributed by atoms with Crippen molar-refractivity contribution in [3.8, 4) is 0 Å². The van der Waals surface area contributed by atoms with Crippen molar-refractivity contribution >= 4 is 21.6 Å². The van der Waals surface area contributed by atoms with Gasteiger partial charge in [0, 0.05) is 17.4 Å². The van der Waals surface area contributed by atoms with E-state index >= 15 is 0 Å². The fourth-order valence-corrected chi connectivity index (χ4v) is 3.80. The number of nitrogens with zero attached hydrogens (tertiary/aromatic N) is 2. The average Bonchev–Trinajstić information content (AvgIpc) is 2.89. The summed E-state index contributed by atoms with van der Waals surface area (Å²) in [5.41, 5.74) is 1.14. The van der Waals surface area contributed by atoms with Crippen molar-refractivity contribution < 1.29 is 8.42 Å². The minimum absolute atomic E-state index is 0.0794. The molecule has 0 saturated carbocycles. The Balaban J connectivity index is 1.98. The quantitative estimate of drug-likeness (QED) is 0.717. The summed E-state index contributed by atoms with van der Waals surface area (Å²) >= 11 is 5.93. The van der Waals surface area contributed by atoms with Gasteiger partial charge in [-0.15, -0.1) is 0 Å². The fourth-order valence-electron chi connectivity index (χ4n) is 2.35. The molecule has 1 heterocycles. The maximum atomic E-state index is 12.6. The van der Waals surface area contributed by atoms with Crippen LogP contribution in [0.15, 0.2) is 70.6 Å². The highest BCUT2D eigenvalue weighted by atomic mass is 35.5. The van der Waals surface area contributed by atoms with Gasteiger partial charge in [-0.25, -0.2) is 13.2 Å². The van der Waals surface area contributed by atoms with Crippen LogP contribution in [0.4, 0.5) is 0 Å². The Bertz CT molecular complexity index is 1030. The first kappa shape index (κ1) is 16.5. The molecule has 2 aromatic carbocycles. The molecule has 0 fully saturated rings. The molecule has 0 spiro atoms. The lowest BCUT2D eigenvalue weighted by Gasteiger charge is -2.05. The minimum Gasteiger partial charge on any atom is -0.294 e. The van der Waals surface area contributed by atoms with Crippen LogP contribution in [-0.4, -0.2) is 17.0 Å². The molecular formula is C17H15ClN2O3S. The normalized spacial score (nSPS) is 11.6. The van der Waals surface area contributed by atoms with Crippen molar-refractivity contribution in [1.29, 1.82) is 0 Å². The van der Waals surface area contributed by atoms with Gasteiger partial charge in [0.2, 0.25) is 0 Å². The molecule has 0 radical (unpaired) electrons. The second kappa shape index (κ2) is 6.30. The van der Waals surface area contributed by atoms with Gasteiger partial charge in [-0.2, -0.15) is 3.97 Å². The highest BCUT2D eigenvalue weighted by Gasteiger charge is 2.20. The number of aryl methyl sites for hydroxylation is 1. The van der Waals surface area contributed by atoms with Crippen molar-refractivity contribution in [2.75, 3.05) is 0 Å². The highest BCUT2D eigenvalue weighted by Crippen LogP contribution is 2.14. The van der Waals surface area contributed by atoms with Crippen LogP contribution in [0, 0.1) is 6.92 Å². The molecule has 0 aliphatic heterocycles. The summed E-state index contributed by atoms with van der Waals surface area (Å²) in [5.74, 6) is 0. The number of aromatic nitrogens is 2. The van der Waals surface area contributed by atoms with Crippen LogP contribution in [0.1, 0.15) is 11.1 Å². The molecule has 0 amide bonds. The first-order valence-electron chi connectivity index (χ1n) is 7.22. The predicted octanol–water partition coefficient (Wildman–Crippen LogP) is 2.90. The standard InChI is InChI=1S/C17H15ClN2O3S/c1-13-5-7-16(8-6-13)24(22,23)20-10-9-19(17(20)21)12-14-3-2-4-15(18)11-14/h2-11H,12H2,1H3. The van der Waals surface area contributed by atoms with Gasteiger partial charge < -0.3 is 0 Å². The lowest BCUT2D eigenvalue weighted by Crippen LogP contribution is -2.29. The summed E-state index contributed by atoms with van der Waals surface area (Å²) < 4.78 is 27.3. The van der Waals surface area contributed by atoms with Crippen LogP contribution in [0.5, 0.6) is 0 Å². The van der Waals surface area contributed by atoms with E-state index in [-0.39, 0.29) is 11.4 Å². The first-order valence-corrected chi connectivity index (χ1v) is 9.04. The second-order valence-corrected chi connectivity index (χ2v) is 7.70. The van der Waals surface area contributed by atoms with Crippen LogP contribution in [0.2, 0.25) is 5.02 Å². The summed E-state index contributed by atoms with van der Waals surface area (Å²) in [5, 5.41) is 0.562. The van der Waals surface area contributed by atoms with Gasteiger partial charge in [0.15, 0.2) is 0 Å². The molecule has 7 heteroatoms. The smallest absolute Gasteiger partial charge is 0.294 e. The molecule has 5 nitrogen and oxygen atoms in total. The Morgan fingerprint density at radius 3 is 2.42 bits per heavy atom. The molecule has 0 saturated heterocycles. The number of hydrogen-bond donors (Lipinski definition) is 0. The van der Waals surface area contributed by atoms with E-state index in [1.807, 2.05) is 13.0 Å². The lowest BCUT2D eigenvalue weighted by atomic mass is 10.2. The van der Waals surface area contributed by atoms with Crippen LogP contribution in [0.3, 0.4) is 0 Å². The Kier molecular flexibility index (Phi) is 4.34. The molecule has 0 atom stereocenters. The average molecular weight is 363 g/mol. The number of imidazole rings is 1. The summed E-state index contributed by atoms with van der Waals surface area (Å²) in [6.07, 6.45) is 2.72. The predicted molar refractivity (Wildman–Crippen MR) is 93.0 cm³/mol. The monoisotopic (exact) mass is 362 g/mol. The van der Waals surface area contributed by atoms with Crippen molar-refractivity contribution in [2.45, 2.75) is 18.4 Å². The van der Waals surface area contributed by atoms with Gasteiger partial charge in [-0.3, -0.25) is 4.57 Å². The topological polar surface area (TPSA) is 61.1 Å². The Morgan fingerprint density at radius 1 is 1.04 bits per heavy atom. The highest BCUT2D eigenvalue weighted by molar-refractivity contribution is 7.90. The second-order valence-electron chi connectivity index (χ2n) is 5.45. The van der Waals surface area contributed by atoms with Crippen LogP contribution >= 0.6 is 11.6 Å². The van der Waals surface area contributed by atoms with Crippen molar-refractivity contribution in [3.63, 3.8) is 0 Å². The molecule has 0 aliphatic carbocycles. The van der Waals surface area contributed by atoms with Crippen molar-refractivity contribution in [1.82, 2.24) is 8.54 Å². The number of benzene rings is 2. The molecule has 0 N–H and O–H groups in total. The largest absolute Gasteiger partial charge is 0.342 e. The number of hydrogen-bond acceptors (Lipinski definition) is 3. The van der Waals surface area contributed by atoms with Gasteiger partial charge in [0.1, 0.15) is 0 Å². The van der Waals surface area contributed by atoms with E-state index in [1.165, 1.54) is 29.1 Å². The van der Waals surface area contributed by atoms with E-state index in [4.69, 9.17) is 11.6 Å². The molecule has 0 unspecified atom stereocenters. The van der Waals surface area contributed by atoms with Crippen LogP contribution in [-0.2, 0) is 16.6 Å². The third-order valence-corrected chi connectivity index (χ3v) is 5.53. The Morgan fingerprint density at radius 2 is 1.75 bits per heavy atom. The lowest BCUT2D eigenvalue weighted by molar-refractivity contribution is 0.583. The molecule has 0 bridgehead atoms. The summed E-state index contributed by atoms with van der Waals surface area (Å²) in [4.78, 5) is 12.5. The third-order valence-electron chi connectivity index (χ3n) is 3.64. The Labute approximate surface area is 144 Å². The zero-order chi connectivity index (χ0) is 17.3. The SMILES string of the molecule is Cc1ccc(S(=O)(=O)n2ccn(Cc3cccc(Cl)c3)c2=O)cc1.